The Kier molecular flexibility index (Phi) is 5.03. The topological polar surface area (TPSA) is 42.3 Å². The highest BCUT2D eigenvalue weighted by Crippen LogP contribution is 2.23. The van der Waals surface area contributed by atoms with Crippen LogP contribution >= 0.6 is 12.2 Å². The standard InChI is InChI=1S/C16H22N4OS/c1-11-13(12(2)20(4)18-11)10-19(3)16(22)17-14-8-6-7-9-15(14)21-5/h6-9H,10H2,1-5H3,(H,17,22). The number of benzene rings is 1. The van der Waals surface area contributed by atoms with Crippen LogP contribution in [0.1, 0.15) is 17.0 Å². The third kappa shape index (κ3) is 3.39. The van der Waals surface area contributed by atoms with E-state index < -0.39 is 0 Å². The first-order valence-electron chi connectivity index (χ1n) is 7.08. The molecule has 0 fully saturated rings. The number of thiocarbonyl (C=S) groups is 1. The predicted molar refractivity (Wildman–Crippen MR) is 93.4 cm³/mol. The highest BCUT2D eigenvalue weighted by molar-refractivity contribution is 7.80. The normalized spacial score (nSPS) is 10.4. The van der Waals surface area contributed by atoms with E-state index in [0.717, 1.165) is 22.8 Å². The molecule has 0 spiro atoms. The van der Waals surface area contributed by atoms with Gasteiger partial charge in [0.05, 0.1) is 18.5 Å². The summed E-state index contributed by atoms with van der Waals surface area (Å²) in [6.07, 6.45) is 0. The molecule has 1 heterocycles. The molecule has 0 saturated carbocycles. The molecule has 22 heavy (non-hydrogen) atoms. The lowest BCUT2D eigenvalue weighted by molar-refractivity contribution is 0.416. The van der Waals surface area contributed by atoms with Gasteiger partial charge in [-0.15, -0.1) is 0 Å². The van der Waals surface area contributed by atoms with Crippen LogP contribution in [-0.2, 0) is 13.6 Å². The first-order valence-corrected chi connectivity index (χ1v) is 7.49. The number of hydrogen-bond donors (Lipinski definition) is 1. The summed E-state index contributed by atoms with van der Waals surface area (Å²) in [5.74, 6) is 0.770. The summed E-state index contributed by atoms with van der Waals surface area (Å²) in [5.41, 5.74) is 4.26. The van der Waals surface area contributed by atoms with Gasteiger partial charge in [0, 0.05) is 31.9 Å². The van der Waals surface area contributed by atoms with Gasteiger partial charge >= 0.3 is 0 Å². The molecule has 5 nitrogen and oxygen atoms in total. The summed E-state index contributed by atoms with van der Waals surface area (Å²) in [7, 11) is 5.57. The molecule has 1 N–H and O–H groups in total. The number of anilines is 1. The molecule has 0 aliphatic carbocycles. The van der Waals surface area contributed by atoms with Gasteiger partial charge in [-0.2, -0.15) is 5.10 Å². The lowest BCUT2D eigenvalue weighted by atomic mass is 10.2. The van der Waals surface area contributed by atoms with Gasteiger partial charge in [-0.1, -0.05) is 12.1 Å². The van der Waals surface area contributed by atoms with Crippen LogP contribution in [0.4, 0.5) is 5.69 Å². The Bertz CT molecular complexity index is 681. The number of hydrogen-bond acceptors (Lipinski definition) is 3. The Labute approximate surface area is 136 Å². The molecule has 0 aliphatic heterocycles. The molecule has 0 bridgehead atoms. The molecule has 1 aromatic carbocycles. The van der Waals surface area contributed by atoms with Crippen LogP contribution < -0.4 is 10.1 Å². The number of aryl methyl sites for hydroxylation is 2. The minimum atomic E-state index is 0.646. The van der Waals surface area contributed by atoms with Crippen molar-refractivity contribution in [2.75, 3.05) is 19.5 Å². The number of methoxy groups -OCH3 is 1. The number of aromatic nitrogens is 2. The van der Waals surface area contributed by atoms with Crippen LogP contribution in [0, 0.1) is 13.8 Å². The molecule has 0 aliphatic rings. The van der Waals surface area contributed by atoms with E-state index in [1.54, 1.807) is 7.11 Å². The van der Waals surface area contributed by atoms with Gasteiger partial charge in [0.25, 0.3) is 0 Å². The van der Waals surface area contributed by atoms with Crippen LogP contribution in [0.25, 0.3) is 0 Å². The predicted octanol–water partition coefficient (Wildman–Crippen LogP) is 2.87. The van der Waals surface area contributed by atoms with E-state index in [-0.39, 0.29) is 0 Å². The van der Waals surface area contributed by atoms with Crippen molar-refractivity contribution < 1.29 is 4.74 Å². The summed E-state index contributed by atoms with van der Waals surface area (Å²) >= 11 is 5.49. The second-order valence-electron chi connectivity index (χ2n) is 5.26. The molecule has 0 amide bonds. The SMILES string of the molecule is COc1ccccc1NC(=S)N(C)Cc1c(C)nn(C)c1C. The molecule has 2 rings (SSSR count). The van der Waals surface area contributed by atoms with Crippen LogP contribution in [0.3, 0.4) is 0 Å². The number of rotatable bonds is 4. The Morgan fingerprint density at radius 3 is 2.64 bits per heavy atom. The van der Waals surface area contributed by atoms with Crippen molar-refractivity contribution in [3.8, 4) is 5.75 Å². The Hall–Kier alpha value is -2.08. The minimum absolute atomic E-state index is 0.646. The van der Waals surface area contributed by atoms with E-state index in [1.807, 2.05) is 54.9 Å². The number of nitrogens with one attached hydrogen (secondary N) is 1. The van der Waals surface area contributed by atoms with Crippen molar-refractivity contribution >= 4 is 23.0 Å². The highest BCUT2D eigenvalue weighted by atomic mass is 32.1. The van der Waals surface area contributed by atoms with Gasteiger partial charge in [-0.05, 0) is 38.2 Å². The van der Waals surface area contributed by atoms with Crippen molar-refractivity contribution in [2.45, 2.75) is 20.4 Å². The monoisotopic (exact) mass is 318 g/mol. The van der Waals surface area contributed by atoms with Crippen molar-refractivity contribution in [3.05, 3.63) is 41.2 Å². The van der Waals surface area contributed by atoms with Gasteiger partial charge in [-0.25, -0.2) is 0 Å². The molecule has 2 aromatic rings. The molecule has 118 valence electrons. The van der Waals surface area contributed by atoms with Crippen LogP contribution in [0.15, 0.2) is 24.3 Å². The Balaban J connectivity index is 2.09. The van der Waals surface area contributed by atoms with E-state index in [9.17, 15) is 0 Å². The molecule has 6 heteroatoms. The van der Waals surface area contributed by atoms with Gasteiger partial charge < -0.3 is 15.0 Å². The highest BCUT2D eigenvalue weighted by Gasteiger charge is 2.14. The second-order valence-corrected chi connectivity index (χ2v) is 5.65. The van der Waals surface area contributed by atoms with Gasteiger partial charge in [0.2, 0.25) is 0 Å². The molecule has 0 unspecified atom stereocenters. The van der Waals surface area contributed by atoms with Gasteiger partial charge in [0.15, 0.2) is 5.11 Å². The summed E-state index contributed by atoms with van der Waals surface area (Å²) < 4.78 is 7.23. The zero-order chi connectivity index (χ0) is 16.3. The first kappa shape index (κ1) is 16.3. The number of ether oxygens (including phenoxy) is 1. The van der Waals surface area contributed by atoms with E-state index in [1.165, 1.54) is 5.56 Å². The maximum absolute atomic E-state index is 5.49. The third-order valence-corrected chi connectivity index (χ3v) is 4.16. The van der Waals surface area contributed by atoms with Crippen molar-refractivity contribution in [2.24, 2.45) is 7.05 Å². The summed E-state index contributed by atoms with van der Waals surface area (Å²) in [5, 5.41) is 8.32. The molecule has 0 radical (unpaired) electrons. The summed E-state index contributed by atoms with van der Waals surface area (Å²) in [6.45, 7) is 4.80. The second kappa shape index (κ2) is 6.79. The van der Waals surface area contributed by atoms with E-state index in [0.29, 0.717) is 11.7 Å². The maximum atomic E-state index is 5.49. The number of para-hydroxylation sites is 2. The lowest BCUT2D eigenvalue weighted by Gasteiger charge is -2.22. The van der Waals surface area contributed by atoms with Crippen LogP contribution in [0.2, 0.25) is 0 Å². The van der Waals surface area contributed by atoms with Gasteiger partial charge in [-0.3, -0.25) is 4.68 Å². The van der Waals surface area contributed by atoms with Crippen molar-refractivity contribution in [1.82, 2.24) is 14.7 Å². The minimum Gasteiger partial charge on any atom is -0.495 e. The lowest BCUT2D eigenvalue weighted by Crippen LogP contribution is -2.31. The summed E-state index contributed by atoms with van der Waals surface area (Å²) in [4.78, 5) is 2.00. The van der Waals surface area contributed by atoms with Crippen LogP contribution in [-0.4, -0.2) is 34.0 Å². The van der Waals surface area contributed by atoms with E-state index in [4.69, 9.17) is 17.0 Å². The third-order valence-electron chi connectivity index (χ3n) is 3.75. The average Bonchev–Trinajstić information content (AvgIpc) is 2.74. The Morgan fingerprint density at radius 2 is 2.05 bits per heavy atom. The quantitative estimate of drug-likeness (QED) is 0.878. The molecule has 0 atom stereocenters. The van der Waals surface area contributed by atoms with E-state index in [2.05, 4.69) is 17.3 Å². The van der Waals surface area contributed by atoms with Crippen molar-refractivity contribution in [3.63, 3.8) is 0 Å². The fourth-order valence-corrected chi connectivity index (χ4v) is 2.49. The van der Waals surface area contributed by atoms with Gasteiger partial charge in [0.1, 0.15) is 5.75 Å². The summed E-state index contributed by atoms with van der Waals surface area (Å²) in [6, 6.07) is 7.72. The zero-order valence-electron chi connectivity index (χ0n) is 13.7. The smallest absolute Gasteiger partial charge is 0.173 e. The molecular formula is C16H22N4OS. The maximum Gasteiger partial charge on any atom is 0.173 e. The zero-order valence-corrected chi connectivity index (χ0v) is 14.5. The van der Waals surface area contributed by atoms with E-state index >= 15 is 0 Å². The first-order chi connectivity index (χ1) is 10.4. The fraction of sp³-hybridized carbons (Fsp3) is 0.375. The fourth-order valence-electron chi connectivity index (χ4n) is 2.31. The van der Waals surface area contributed by atoms with Crippen molar-refractivity contribution in [1.29, 1.82) is 0 Å². The average molecular weight is 318 g/mol. The number of nitrogens with zero attached hydrogens (tertiary/aromatic N) is 3. The molecular weight excluding hydrogens is 296 g/mol. The Morgan fingerprint density at radius 1 is 1.36 bits per heavy atom. The molecule has 1 aromatic heterocycles. The van der Waals surface area contributed by atoms with Crippen LogP contribution in [0.5, 0.6) is 5.75 Å². The largest absolute Gasteiger partial charge is 0.495 e. The molecule has 0 saturated heterocycles.